The number of carboxylic acids is 2. The molecule has 0 heterocycles. The molecule has 1 radical (unpaired) electrons. The molecule has 0 spiro atoms. The van der Waals surface area contributed by atoms with Gasteiger partial charge >= 0.3 is 41.5 Å². The molecule has 2 unspecified atom stereocenters. The maximum atomic E-state index is 9.77. The second kappa shape index (κ2) is 9.23. The zero-order valence-corrected chi connectivity index (χ0v) is 13.7. The number of rotatable bonds is 3. The smallest absolute Gasteiger partial charge is 1.00 e. The largest absolute Gasteiger partial charge is 1.00 e. The van der Waals surface area contributed by atoms with Crippen molar-refractivity contribution < 1.29 is 61.0 Å². The van der Waals surface area contributed by atoms with Crippen molar-refractivity contribution in [3.8, 4) is 0 Å². The maximum absolute atomic E-state index is 9.77. The van der Waals surface area contributed by atoms with E-state index >= 15 is 0 Å². The Kier molecular flexibility index (Phi) is 14.8. The van der Waals surface area contributed by atoms with Gasteiger partial charge in [-0.05, 0) is 0 Å². The fourth-order valence-electron chi connectivity index (χ4n) is 0.270. The summed E-state index contributed by atoms with van der Waals surface area (Å²) in [7, 11) is 0. The monoisotopic (exact) mass is 259 g/mol. The van der Waals surface area contributed by atoms with Crippen molar-refractivity contribution in [1.82, 2.24) is 0 Å². The van der Waals surface area contributed by atoms with Gasteiger partial charge in [0.1, 0.15) is 0 Å². The molecule has 0 aliphatic heterocycles. The molecule has 0 rings (SSSR count). The summed E-state index contributed by atoms with van der Waals surface area (Å²) in [6.07, 6.45) is -4.53. The molecule has 0 aromatic heterocycles. The van der Waals surface area contributed by atoms with E-state index in [0.29, 0.717) is 0 Å². The topological polar surface area (TPSA) is 115 Å². The average molecular weight is 260 g/mol. The number of carboxylic acid groups (broad SMARTS) is 2. The zero-order valence-electron chi connectivity index (χ0n) is 7.76. The van der Waals surface area contributed by atoms with Crippen molar-refractivity contribution >= 4 is 70.1 Å². The molecule has 0 saturated heterocycles. The summed E-state index contributed by atoms with van der Waals surface area (Å²) in [4.78, 5) is 19.5. The molecular weight excluding hydrogens is 252 g/mol. The molecule has 0 bridgehead atoms. The van der Waals surface area contributed by atoms with Gasteiger partial charge < -0.3 is 21.9 Å². The molecule has 12 heavy (non-hydrogen) atoms. The van der Waals surface area contributed by atoms with Crippen molar-refractivity contribution in [1.29, 1.82) is 0 Å². The van der Waals surface area contributed by atoms with Gasteiger partial charge in [-0.1, -0.05) is 0 Å². The fourth-order valence-corrected chi connectivity index (χ4v) is 0.270. The van der Waals surface area contributed by atoms with Crippen LogP contribution in [0.25, 0.3) is 0 Å². The first kappa shape index (κ1) is 19.3. The van der Waals surface area contributed by atoms with Crippen LogP contribution < -0.4 is 29.6 Å². The van der Waals surface area contributed by atoms with Crippen LogP contribution in [-0.4, -0.2) is 103 Å². The molecular formula is C4H7NaO6Rb. The second-order valence-electron chi connectivity index (χ2n) is 1.57. The third kappa shape index (κ3) is 7.11. The van der Waals surface area contributed by atoms with E-state index in [1.807, 2.05) is 0 Å². The summed E-state index contributed by atoms with van der Waals surface area (Å²) in [5.74, 6) is -3.54. The molecule has 0 fully saturated rings. The molecule has 0 saturated carbocycles. The van der Waals surface area contributed by atoms with E-state index in [-0.39, 0.29) is 89.2 Å². The van der Waals surface area contributed by atoms with Crippen LogP contribution in [0.15, 0.2) is 0 Å². The van der Waals surface area contributed by atoms with E-state index in [4.69, 9.17) is 20.4 Å². The van der Waals surface area contributed by atoms with Gasteiger partial charge in [-0.15, -0.1) is 0 Å². The van der Waals surface area contributed by atoms with E-state index in [1.165, 1.54) is 0 Å². The van der Waals surface area contributed by atoms with Gasteiger partial charge in [0.05, 0.1) is 0 Å². The summed E-state index contributed by atoms with van der Waals surface area (Å²) in [5, 5.41) is 32.5. The van der Waals surface area contributed by atoms with Crippen LogP contribution in [0.2, 0.25) is 0 Å². The molecule has 6 nitrogen and oxygen atoms in total. The molecule has 0 aliphatic carbocycles. The molecule has 61 valence electrons. The summed E-state index contributed by atoms with van der Waals surface area (Å²) < 4.78 is 0. The van der Waals surface area contributed by atoms with Crippen molar-refractivity contribution in [2.75, 3.05) is 0 Å². The van der Waals surface area contributed by atoms with Crippen LogP contribution in [0.5, 0.6) is 0 Å². The van der Waals surface area contributed by atoms with Crippen LogP contribution in [0, 0.1) is 0 Å². The van der Waals surface area contributed by atoms with Crippen LogP contribution in [0.4, 0.5) is 0 Å². The summed E-state index contributed by atoms with van der Waals surface area (Å²) in [6, 6.07) is 0. The van der Waals surface area contributed by atoms with Crippen molar-refractivity contribution in [3.63, 3.8) is 0 Å². The van der Waals surface area contributed by atoms with Gasteiger partial charge in [0.25, 0.3) is 0 Å². The SMILES string of the molecule is O=C(O)C(O)C(O)C(=O)O.[H-].[Na+].[Rb]. The maximum Gasteiger partial charge on any atom is 1.00 e. The first-order chi connectivity index (χ1) is 4.46. The normalized spacial score (nSPS) is 13.2. The van der Waals surface area contributed by atoms with Gasteiger partial charge in [-0.3, -0.25) is 0 Å². The van der Waals surface area contributed by atoms with Gasteiger partial charge in [0, 0.05) is 58.2 Å². The Labute approximate surface area is 141 Å². The minimum absolute atomic E-state index is 0. The summed E-state index contributed by atoms with van der Waals surface area (Å²) >= 11 is 0. The Balaban J connectivity index is -0.000000135. The quantitative estimate of drug-likeness (QED) is 0.376. The second-order valence-corrected chi connectivity index (χ2v) is 1.57. The predicted octanol–water partition coefficient (Wildman–Crippen LogP) is -5.39. The van der Waals surface area contributed by atoms with Crippen LogP contribution in [0.1, 0.15) is 1.43 Å². The molecule has 0 aliphatic rings. The van der Waals surface area contributed by atoms with Crippen molar-refractivity contribution in [3.05, 3.63) is 0 Å². The van der Waals surface area contributed by atoms with Crippen LogP contribution >= 0.6 is 0 Å². The van der Waals surface area contributed by atoms with Gasteiger partial charge in [0.15, 0.2) is 12.2 Å². The molecule has 0 aromatic rings. The first-order valence-corrected chi connectivity index (χ1v) is 2.28. The molecule has 0 amide bonds. The molecule has 0 aromatic carbocycles. The first-order valence-electron chi connectivity index (χ1n) is 2.28. The minimum atomic E-state index is -2.27. The van der Waals surface area contributed by atoms with Gasteiger partial charge in [0.2, 0.25) is 0 Å². The Morgan fingerprint density at radius 1 is 1.00 bits per heavy atom. The van der Waals surface area contributed by atoms with E-state index in [9.17, 15) is 9.59 Å². The standard InChI is InChI=1S/C4H6O6.Na.Rb.H/c5-1(3(7)8)2(6)4(9)10;;;/h1-2,5-6H,(H,7,8)(H,9,10);;;/q;+1;;-1. The van der Waals surface area contributed by atoms with Crippen molar-refractivity contribution in [2.45, 2.75) is 12.2 Å². The Hall–Kier alpha value is 1.67. The predicted molar refractivity (Wildman–Crippen MR) is 34.2 cm³/mol. The molecule has 8 heteroatoms. The molecule has 4 N–H and O–H groups in total. The van der Waals surface area contributed by atoms with E-state index in [2.05, 4.69) is 0 Å². The van der Waals surface area contributed by atoms with Crippen molar-refractivity contribution in [2.24, 2.45) is 0 Å². The number of carbonyl (C=O) groups is 2. The Morgan fingerprint density at radius 3 is 1.25 bits per heavy atom. The van der Waals surface area contributed by atoms with Crippen LogP contribution in [-0.2, 0) is 9.59 Å². The van der Waals surface area contributed by atoms with E-state index in [0.717, 1.165) is 0 Å². The number of hydrogen-bond acceptors (Lipinski definition) is 4. The third-order valence-corrected chi connectivity index (χ3v) is 0.805. The number of hydrogen-bond donors (Lipinski definition) is 4. The van der Waals surface area contributed by atoms with Crippen LogP contribution in [0.3, 0.4) is 0 Å². The minimum Gasteiger partial charge on any atom is -1.00 e. The number of aliphatic carboxylic acids is 2. The zero-order chi connectivity index (χ0) is 8.31. The summed E-state index contributed by atoms with van der Waals surface area (Å²) in [6.45, 7) is 0. The van der Waals surface area contributed by atoms with Gasteiger partial charge in [-0.25, -0.2) is 9.59 Å². The number of aliphatic hydroxyl groups is 2. The average Bonchev–Trinajstić information content (AvgIpc) is 1.84. The molecule has 2 atom stereocenters. The fraction of sp³-hybridized carbons (Fsp3) is 0.500. The summed E-state index contributed by atoms with van der Waals surface area (Å²) in [5.41, 5.74) is 0. The van der Waals surface area contributed by atoms with Gasteiger partial charge in [-0.2, -0.15) is 0 Å². The number of aliphatic hydroxyl groups excluding tert-OH is 2. The third-order valence-electron chi connectivity index (χ3n) is 0.805. The Morgan fingerprint density at radius 2 is 1.17 bits per heavy atom. The Bertz CT molecular complexity index is 149. The van der Waals surface area contributed by atoms with E-state index < -0.39 is 24.1 Å². The van der Waals surface area contributed by atoms with E-state index in [1.54, 1.807) is 0 Å².